The summed E-state index contributed by atoms with van der Waals surface area (Å²) in [6.07, 6.45) is 0.518. The Morgan fingerprint density at radius 1 is 1.36 bits per heavy atom. The van der Waals surface area contributed by atoms with Gasteiger partial charge in [-0.3, -0.25) is 4.79 Å². The van der Waals surface area contributed by atoms with Gasteiger partial charge in [0.2, 0.25) is 5.91 Å². The van der Waals surface area contributed by atoms with E-state index < -0.39 is 0 Å². The van der Waals surface area contributed by atoms with Crippen molar-refractivity contribution in [2.24, 2.45) is 0 Å². The van der Waals surface area contributed by atoms with Crippen molar-refractivity contribution >= 4 is 5.91 Å². The first-order valence-corrected chi connectivity index (χ1v) is 4.97. The van der Waals surface area contributed by atoms with Crippen LogP contribution < -0.4 is 10.6 Å². The van der Waals surface area contributed by atoms with Gasteiger partial charge in [-0.2, -0.15) is 0 Å². The Hall–Kier alpha value is -0.830. The van der Waals surface area contributed by atoms with Crippen LogP contribution in [0.1, 0.15) is 34.1 Å². The number of amides is 1. The molecule has 0 atom stereocenters. The molecule has 3 nitrogen and oxygen atoms in total. The van der Waals surface area contributed by atoms with Crippen LogP contribution in [0.25, 0.3) is 0 Å². The minimum absolute atomic E-state index is 0.0738. The van der Waals surface area contributed by atoms with Crippen LogP contribution in [-0.4, -0.2) is 24.5 Å². The predicted molar refractivity (Wildman–Crippen MR) is 60.2 cm³/mol. The quantitative estimate of drug-likeness (QED) is 0.657. The lowest BCUT2D eigenvalue weighted by atomic mass is 10.1. The van der Waals surface area contributed by atoms with Crippen LogP contribution in [0.5, 0.6) is 0 Å². The number of carbonyl (C=O) groups is 1. The first-order valence-electron chi connectivity index (χ1n) is 4.97. The summed E-state index contributed by atoms with van der Waals surface area (Å²) in [7, 11) is 0. The van der Waals surface area contributed by atoms with E-state index in [1.807, 2.05) is 6.92 Å². The van der Waals surface area contributed by atoms with Crippen LogP contribution in [0.3, 0.4) is 0 Å². The molecule has 0 aromatic rings. The van der Waals surface area contributed by atoms with Crippen molar-refractivity contribution < 1.29 is 4.79 Å². The Bertz CT molecular complexity index is 204. The SMILES string of the molecule is C=C(C)CNC(=O)CCNC(C)(C)C. The molecular weight excluding hydrogens is 176 g/mol. The van der Waals surface area contributed by atoms with Gasteiger partial charge in [0.05, 0.1) is 0 Å². The summed E-state index contributed by atoms with van der Waals surface area (Å²) in [5.41, 5.74) is 1.05. The summed E-state index contributed by atoms with van der Waals surface area (Å²) in [5.74, 6) is 0.0738. The van der Waals surface area contributed by atoms with E-state index in [0.29, 0.717) is 19.5 Å². The van der Waals surface area contributed by atoms with E-state index in [1.54, 1.807) is 0 Å². The highest BCUT2D eigenvalue weighted by atomic mass is 16.1. The topological polar surface area (TPSA) is 41.1 Å². The van der Waals surface area contributed by atoms with Crippen molar-refractivity contribution in [1.82, 2.24) is 10.6 Å². The lowest BCUT2D eigenvalue weighted by Gasteiger charge is -2.20. The van der Waals surface area contributed by atoms with Gasteiger partial charge in [0.25, 0.3) is 0 Å². The number of hydrogen-bond acceptors (Lipinski definition) is 2. The van der Waals surface area contributed by atoms with E-state index in [2.05, 4.69) is 38.0 Å². The summed E-state index contributed by atoms with van der Waals surface area (Å²) in [6, 6.07) is 0. The Labute approximate surface area is 87.0 Å². The van der Waals surface area contributed by atoms with E-state index >= 15 is 0 Å². The van der Waals surface area contributed by atoms with Gasteiger partial charge in [-0.15, -0.1) is 0 Å². The van der Waals surface area contributed by atoms with Crippen LogP contribution in [0.4, 0.5) is 0 Å². The highest BCUT2D eigenvalue weighted by molar-refractivity contribution is 5.76. The van der Waals surface area contributed by atoms with Gasteiger partial charge in [-0.1, -0.05) is 12.2 Å². The van der Waals surface area contributed by atoms with Crippen LogP contribution >= 0.6 is 0 Å². The largest absolute Gasteiger partial charge is 0.352 e. The van der Waals surface area contributed by atoms with Crippen molar-refractivity contribution in [3.8, 4) is 0 Å². The molecule has 0 fully saturated rings. The smallest absolute Gasteiger partial charge is 0.221 e. The number of carbonyl (C=O) groups excluding carboxylic acids is 1. The Morgan fingerprint density at radius 2 is 1.93 bits per heavy atom. The van der Waals surface area contributed by atoms with Gasteiger partial charge >= 0.3 is 0 Å². The average molecular weight is 198 g/mol. The monoisotopic (exact) mass is 198 g/mol. The van der Waals surface area contributed by atoms with Crippen molar-refractivity contribution in [3.05, 3.63) is 12.2 Å². The first-order chi connectivity index (χ1) is 6.31. The summed E-state index contributed by atoms with van der Waals surface area (Å²) in [6.45, 7) is 13.2. The summed E-state index contributed by atoms with van der Waals surface area (Å²) < 4.78 is 0. The van der Waals surface area contributed by atoms with Crippen molar-refractivity contribution in [3.63, 3.8) is 0 Å². The van der Waals surface area contributed by atoms with Crippen molar-refractivity contribution in [2.45, 2.75) is 39.7 Å². The molecule has 0 aliphatic rings. The van der Waals surface area contributed by atoms with Crippen LogP contribution in [0.2, 0.25) is 0 Å². The second-order valence-electron chi connectivity index (χ2n) is 4.66. The fourth-order valence-corrected chi connectivity index (χ4v) is 0.889. The highest BCUT2D eigenvalue weighted by Gasteiger charge is 2.08. The molecule has 0 heterocycles. The maximum atomic E-state index is 11.2. The first kappa shape index (κ1) is 13.2. The van der Waals surface area contributed by atoms with Crippen LogP contribution in [0.15, 0.2) is 12.2 Å². The molecule has 0 saturated heterocycles. The van der Waals surface area contributed by atoms with Crippen molar-refractivity contribution in [2.75, 3.05) is 13.1 Å². The molecule has 0 radical (unpaired) electrons. The number of rotatable bonds is 5. The summed E-state index contributed by atoms with van der Waals surface area (Å²) in [4.78, 5) is 11.2. The van der Waals surface area contributed by atoms with Gasteiger partial charge < -0.3 is 10.6 Å². The Kier molecular flexibility index (Phi) is 5.46. The molecule has 0 aromatic carbocycles. The average Bonchev–Trinajstić information content (AvgIpc) is 1.98. The third kappa shape index (κ3) is 9.26. The second-order valence-corrected chi connectivity index (χ2v) is 4.66. The summed E-state index contributed by atoms with van der Waals surface area (Å²) >= 11 is 0. The fraction of sp³-hybridized carbons (Fsp3) is 0.727. The Balaban J connectivity index is 3.50. The van der Waals surface area contributed by atoms with E-state index in [0.717, 1.165) is 5.57 Å². The molecule has 0 bridgehead atoms. The van der Waals surface area contributed by atoms with Gasteiger partial charge in [0.15, 0.2) is 0 Å². The van der Waals surface area contributed by atoms with Crippen LogP contribution in [-0.2, 0) is 4.79 Å². The molecule has 0 aliphatic carbocycles. The maximum absolute atomic E-state index is 11.2. The Morgan fingerprint density at radius 3 is 2.36 bits per heavy atom. The molecule has 0 unspecified atom stereocenters. The van der Waals surface area contributed by atoms with E-state index in [4.69, 9.17) is 0 Å². The zero-order valence-corrected chi connectivity index (χ0v) is 9.74. The van der Waals surface area contributed by atoms with E-state index in [1.165, 1.54) is 0 Å². The predicted octanol–water partition coefficient (Wildman–Crippen LogP) is 1.46. The molecule has 0 aromatic heterocycles. The highest BCUT2D eigenvalue weighted by Crippen LogP contribution is 1.97. The normalized spacial score (nSPS) is 11.1. The van der Waals surface area contributed by atoms with Crippen molar-refractivity contribution in [1.29, 1.82) is 0 Å². The molecule has 0 rings (SSSR count). The van der Waals surface area contributed by atoms with Gasteiger partial charge in [0.1, 0.15) is 0 Å². The molecule has 0 aliphatic heterocycles. The van der Waals surface area contributed by atoms with E-state index in [-0.39, 0.29) is 11.4 Å². The minimum Gasteiger partial charge on any atom is -0.352 e. The third-order valence-corrected chi connectivity index (χ3v) is 1.59. The maximum Gasteiger partial charge on any atom is 0.221 e. The molecule has 14 heavy (non-hydrogen) atoms. The molecule has 1 amide bonds. The molecule has 2 N–H and O–H groups in total. The molecular formula is C11H22N2O. The third-order valence-electron chi connectivity index (χ3n) is 1.59. The molecule has 82 valence electrons. The standard InChI is InChI=1S/C11H22N2O/c1-9(2)8-12-10(14)6-7-13-11(3,4)5/h13H,1,6-8H2,2-5H3,(H,12,14). The minimum atomic E-state index is 0.0738. The zero-order chi connectivity index (χ0) is 11.2. The second kappa shape index (κ2) is 5.81. The lowest BCUT2D eigenvalue weighted by Crippen LogP contribution is -2.38. The number of hydrogen-bond donors (Lipinski definition) is 2. The number of nitrogens with one attached hydrogen (secondary N) is 2. The van der Waals surface area contributed by atoms with Crippen LogP contribution in [0, 0.1) is 0 Å². The summed E-state index contributed by atoms with van der Waals surface area (Å²) in [5, 5.41) is 6.05. The van der Waals surface area contributed by atoms with E-state index in [9.17, 15) is 4.79 Å². The molecule has 0 spiro atoms. The molecule has 0 saturated carbocycles. The zero-order valence-electron chi connectivity index (χ0n) is 9.74. The van der Waals surface area contributed by atoms with Gasteiger partial charge in [-0.25, -0.2) is 0 Å². The molecule has 3 heteroatoms. The lowest BCUT2D eigenvalue weighted by molar-refractivity contribution is -0.120. The van der Waals surface area contributed by atoms with Gasteiger partial charge in [-0.05, 0) is 27.7 Å². The van der Waals surface area contributed by atoms with Gasteiger partial charge in [0, 0.05) is 25.0 Å². The fourth-order valence-electron chi connectivity index (χ4n) is 0.889.